The normalized spacial score (nSPS) is 14.7. The molecule has 0 fully saturated rings. The van der Waals surface area contributed by atoms with Crippen molar-refractivity contribution in [1.82, 2.24) is 14.9 Å². The Labute approximate surface area is 141 Å². The van der Waals surface area contributed by atoms with E-state index in [2.05, 4.69) is 10.3 Å². The molecule has 1 N–H and O–H groups in total. The van der Waals surface area contributed by atoms with Gasteiger partial charge in [-0.25, -0.2) is 9.37 Å². The first-order valence-corrected chi connectivity index (χ1v) is 7.96. The van der Waals surface area contributed by atoms with E-state index in [9.17, 15) is 17.6 Å². The highest BCUT2D eigenvalue weighted by Gasteiger charge is 2.31. The van der Waals surface area contributed by atoms with Crippen LogP contribution < -0.4 is 5.32 Å². The number of nitrogens with one attached hydrogen (secondary N) is 1. The van der Waals surface area contributed by atoms with Gasteiger partial charge in [0.1, 0.15) is 11.5 Å². The van der Waals surface area contributed by atoms with Crippen LogP contribution in [0.4, 0.5) is 17.6 Å². The minimum atomic E-state index is -4.55. The molecule has 4 rings (SSSR count). The van der Waals surface area contributed by atoms with Crippen molar-refractivity contribution in [1.29, 1.82) is 0 Å². The highest BCUT2D eigenvalue weighted by molar-refractivity contribution is 5.82. The number of nitrogens with zero attached hydrogens (tertiary/aromatic N) is 2. The second-order valence-electron chi connectivity index (χ2n) is 6.12. The van der Waals surface area contributed by atoms with Gasteiger partial charge in [-0.15, -0.1) is 0 Å². The molecule has 0 aliphatic carbocycles. The Kier molecular flexibility index (Phi) is 3.76. The highest BCUT2D eigenvalue weighted by atomic mass is 19.4. The van der Waals surface area contributed by atoms with Gasteiger partial charge in [0.05, 0.1) is 12.1 Å². The summed E-state index contributed by atoms with van der Waals surface area (Å²) in [7, 11) is 0. The van der Waals surface area contributed by atoms with Crippen molar-refractivity contribution < 1.29 is 17.6 Å². The molecular weight excluding hydrogens is 334 g/mol. The van der Waals surface area contributed by atoms with Gasteiger partial charge in [0.15, 0.2) is 0 Å². The maximum Gasteiger partial charge on any atom is 0.416 e. The minimum absolute atomic E-state index is 0.147. The van der Waals surface area contributed by atoms with Crippen molar-refractivity contribution in [2.24, 2.45) is 0 Å². The van der Waals surface area contributed by atoms with E-state index in [4.69, 9.17) is 0 Å². The topological polar surface area (TPSA) is 29.9 Å². The van der Waals surface area contributed by atoms with Gasteiger partial charge in [-0.3, -0.25) is 0 Å². The molecule has 1 aliphatic rings. The van der Waals surface area contributed by atoms with Crippen molar-refractivity contribution in [3.05, 3.63) is 64.7 Å². The van der Waals surface area contributed by atoms with Crippen LogP contribution in [0.25, 0.3) is 11.0 Å². The largest absolute Gasteiger partial charge is 0.416 e. The van der Waals surface area contributed by atoms with Crippen molar-refractivity contribution in [2.45, 2.75) is 25.7 Å². The summed E-state index contributed by atoms with van der Waals surface area (Å²) in [5.74, 6) is -0.856. The van der Waals surface area contributed by atoms with Crippen LogP contribution in [0.15, 0.2) is 36.5 Å². The average molecular weight is 349 g/mol. The fourth-order valence-corrected chi connectivity index (χ4v) is 3.39. The minimum Gasteiger partial charge on any atom is -0.324 e. The number of hydrogen-bond acceptors (Lipinski definition) is 2. The summed E-state index contributed by atoms with van der Waals surface area (Å²) >= 11 is 0. The molecule has 1 aromatic carbocycles. The van der Waals surface area contributed by atoms with E-state index in [1.165, 1.54) is 11.6 Å². The van der Waals surface area contributed by atoms with Crippen molar-refractivity contribution >= 4 is 11.0 Å². The monoisotopic (exact) mass is 349 g/mol. The zero-order chi connectivity index (χ0) is 17.6. The molecule has 3 heterocycles. The quantitative estimate of drug-likeness (QED) is 0.712. The first kappa shape index (κ1) is 16.1. The maximum atomic E-state index is 14.3. The lowest BCUT2D eigenvalue weighted by molar-refractivity contribution is -0.137. The summed E-state index contributed by atoms with van der Waals surface area (Å²) in [5, 5.41) is 4.30. The average Bonchev–Trinajstić information content (AvgIpc) is 2.90. The number of benzene rings is 1. The summed E-state index contributed by atoms with van der Waals surface area (Å²) in [4.78, 5) is 4.40. The van der Waals surface area contributed by atoms with E-state index in [1.54, 1.807) is 6.20 Å². The number of fused-ring (bicyclic) bond motifs is 3. The predicted molar refractivity (Wildman–Crippen MR) is 85.6 cm³/mol. The lowest BCUT2D eigenvalue weighted by atomic mass is 10.1. The number of pyridine rings is 1. The third-order valence-corrected chi connectivity index (χ3v) is 4.59. The van der Waals surface area contributed by atoms with Gasteiger partial charge >= 0.3 is 6.18 Å². The summed E-state index contributed by atoms with van der Waals surface area (Å²) in [6.07, 6.45) is -2.04. The number of rotatable bonds is 2. The van der Waals surface area contributed by atoms with Crippen LogP contribution in [0.2, 0.25) is 0 Å². The molecule has 3 aromatic rings. The van der Waals surface area contributed by atoms with Gasteiger partial charge in [-0.1, -0.05) is 6.07 Å². The summed E-state index contributed by atoms with van der Waals surface area (Å²) in [5.41, 5.74) is 2.15. The summed E-state index contributed by atoms with van der Waals surface area (Å²) < 4.78 is 54.3. The van der Waals surface area contributed by atoms with E-state index >= 15 is 0 Å². The van der Waals surface area contributed by atoms with E-state index in [-0.39, 0.29) is 12.1 Å². The Morgan fingerprint density at radius 3 is 2.80 bits per heavy atom. The number of halogens is 4. The van der Waals surface area contributed by atoms with E-state index < -0.39 is 17.6 Å². The molecule has 0 radical (unpaired) electrons. The molecule has 7 heteroatoms. The molecule has 3 nitrogen and oxygen atoms in total. The van der Waals surface area contributed by atoms with Crippen LogP contribution in [0.3, 0.4) is 0 Å². The fourth-order valence-electron chi connectivity index (χ4n) is 3.39. The lowest BCUT2D eigenvalue weighted by Crippen LogP contribution is -2.25. The number of aromatic nitrogens is 2. The van der Waals surface area contributed by atoms with E-state index in [0.717, 1.165) is 35.8 Å². The molecule has 130 valence electrons. The lowest BCUT2D eigenvalue weighted by Gasteiger charge is -2.17. The molecule has 0 unspecified atom stereocenters. The van der Waals surface area contributed by atoms with Gasteiger partial charge in [0.25, 0.3) is 0 Å². The standard InChI is InChI=1S/C18H15F4N3/c19-15-8-12(18(20,21)22)4-3-11(15)10-25-16-9-23-7-5-13(16)14-2-1-6-24-17(14)25/h1-4,6,8,23H,5,7,9-10H2. The Bertz CT molecular complexity index is 943. The SMILES string of the molecule is Fc1cc(C(F)(F)F)ccc1Cn1c2c(c3cccnc31)CCNC2. The number of alkyl halides is 3. The van der Waals surface area contributed by atoms with Gasteiger partial charge in [-0.05, 0) is 42.8 Å². The maximum absolute atomic E-state index is 14.3. The molecular formula is C18H15F4N3. The molecule has 0 saturated heterocycles. The first-order valence-electron chi connectivity index (χ1n) is 7.96. The first-order chi connectivity index (χ1) is 11.9. The smallest absolute Gasteiger partial charge is 0.324 e. The van der Waals surface area contributed by atoms with Crippen molar-refractivity contribution in [3.63, 3.8) is 0 Å². The Morgan fingerprint density at radius 2 is 2.04 bits per heavy atom. The Morgan fingerprint density at radius 1 is 1.20 bits per heavy atom. The van der Waals surface area contributed by atoms with Gasteiger partial charge in [-0.2, -0.15) is 13.2 Å². The molecule has 2 aromatic heterocycles. The van der Waals surface area contributed by atoms with Crippen LogP contribution in [0, 0.1) is 5.82 Å². The highest BCUT2D eigenvalue weighted by Crippen LogP contribution is 2.32. The zero-order valence-electron chi connectivity index (χ0n) is 13.2. The zero-order valence-corrected chi connectivity index (χ0v) is 13.2. The third kappa shape index (κ3) is 2.78. The number of hydrogen-bond donors (Lipinski definition) is 1. The third-order valence-electron chi connectivity index (χ3n) is 4.59. The molecule has 0 spiro atoms. The molecule has 0 saturated carbocycles. The summed E-state index contributed by atoms with van der Waals surface area (Å²) in [6.45, 7) is 1.64. The molecule has 0 atom stereocenters. The Balaban J connectivity index is 1.79. The van der Waals surface area contributed by atoms with Crippen molar-refractivity contribution in [2.75, 3.05) is 6.54 Å². The van der Waals surface area contributed by atoms with Crippen LogP contribution in [0.5, 0.6) is 0 Å². The van der Waals surface area contributed by atoms with Crippen molar-refractivity contribution in [3.8, 4) is 0 Å². The second kappa shape index (κ2) is 5.84. The second-order valence-corrected chi connectivity index (χ2v) is 6.12. The Hall–Kier alpha value is -2.41. The molecule has 0 bridgehead atoms. The van der Waals surface area contributed by atoms with E-state index in [0.29, 0.717) is 12.6 Å². The summed E-state index contributed by atoms with van der Waals surface area (Å²) in [6, 6.07) is 6.51. The van der Waals surface area contributed by atoms with Gasteiger partial charge in [0.2, 0.25) is 0 Å². The van der Waals surface area contributed by atoms with E-state index in [1.807, 2.05) is 16.7 Å². The van der Waals surface area contributed by atoms with Crippen LogP contribution in [-0.2, 0) is 25.7 Å². The van der Waals surface area contributed by atoms with Crippen LogP contribution in [0.1, 0.15) is 22.4 Å². The van der Waals surface area contributed by atoms with Crippen LogP contribution >= 0.6 is 0 Å². The molecule has 1 aliphatic heterocycles. The molecule has 25 heavy (non-hydrogen) atoms. The van der Waals surface area contributed by atoms with Gasteiger partial charge in [0, 0.05) is 29.4 Å². The van der Waals surface area contributed by atoms with Gasteiger partial charge < -0.3 is 9.88 Å². The predicted octanol–water partition coefficient (Wildman–Crippen LogP) is 3.89. The fraction of sp³-hybridized carbons (Fsp3) is 0.278. The van der Waals surface area contributed by atoms with Crippen LogP contribution in [-0.4, -0.2) is 16.1 Å². The molecule has 0 amide bonds.